The summed E-state index contributed by atoms with van der Waals surface area (Å²) in [7, 11) is 3.25. The molecule has 0 unspecified atom stereocenters. The molecular formula is C25H28Cl2N4O4S. The molecule has 2 aromatic heterocycles. The van der Waals surface area contributed by atoms with E-state index in [0.717, 1.165) is 41.6 Å². The van der Waals surface area contributed by atoms with Crippen LogP contribution in [0.2, 0.25) is 10.0 Å². The van der Waals surface area contributed by atoms with Gasteiger partial charge in [0, 0.05) is 26.7 Å². The van der Waals surface area contributed by atoms with Crippen molar-refractivity contribution in [3.63, 3.8) is 0 Å². The van der Waals surface area contributed by atoms with Gasteiger partial charge in [-0.05, 0) is 56.4 Å². The molecule has 0 N–H and O–H groups in total. The van der Waals surface area contributed by atoms with Crippen molar-refractivity contribution in [2.75, 3.05) is 20.6 Å². The Bertz CT molecular complexity index is 1470. The summed E-state index contributed by atoms with van der Waals surface area (Å²) in [5, 5.41) is 0.702. The first-order chi connectivity index (χ1) is 17.1. The first kappa shape index (κ1) is 26.4. The Morgan fingerprint density at radius 3 is 2.50 bits per heavy atom. The Morgan fingerprint density at radius 1 is 1.14 bits per heavy atom. The van der Waals surface area contributed by atoms with E-state index in [2.05, 4.69) is 0 Å². The van der Waals surface area contributed by atoms with Crippen LogP contribution in [-0.2, 0) is 11.3 Å². The van der Waals surface area contributed by atoms with Gasteiger partial charge in [-0.25, -0.2) is 9.36 Å². The van der Waals surface area contributed by atoms with Crippen LogP contribution in [0, 0.1) is 6.92 Å². The van der Waals surface area contributed by atoms with Crippen molar-refractivity contribution < 1.29 is 9.59 Å². The molecule has 0 saturated carbocycles. The number of carbonyl (C=O) groups excluding carboxylic acids is 2. The second-order valence-corrected chi connectivity index (χ2v) is 11.0. The molecule has 36 heavy (non-hydrogen) atoms. The predicted molar refractivity (Wildman–Crippen MR) is 144 cm³/mol. The lowest BCUT2D eigenvalue weighted by atomic mass is 10.00. The average molecular weight is 551 g/mol. The van der Waals surface area contributed by atoms with Gasteiger partial charge in [-0.1, -0.05) is 30.1 Å². The van der Waals surface area contributed by atoms with Gasteiger partial charge in [0.05, 0.1) is 26.0 Å². The third kappa shape index (κ3) is 4.60. The van der Waals surface area contributed by atoms with Gasteiger partial charge in [0.25, 0.3) is 11.5 Å². The minimum absolute atomic E-state index is 0.120. The first-order valence-electron chi connectivity index (χ1n) is 11.8. The molecule has 1 aliphatic rings. The Kier molecular flexibility index (Phi) is 7.64. The fraction of sp³-hybridized carbons (Fsp3) is 0.440. The second kappa shape index (κ2) is 10.4. The number of nitrogens with zero attached hydrogens (tertiary/aromatic N) is 4. The second-order valence-electron chi connectivity index (χ2n) is 9.19. The largest absolute Gasteiger partial charge is 0.344 e. The van der Waals surface area contributed by atoms with Gasteiger partial charge < -0.3 is 9.80 Å². The molecule has 4 rings (SSSR count). The van der Waals surface area contributed by atoms with E-state index in [0.29, 0.717) is 21.8 Å². The number of hydrogen-bond acceptors (Lipinski definition) is 5. The monoisotopic (exact) mass is 550 g/mol. The lowest BCUT2D eigenvalue weighted by Gasteiger charge is -2.35. The Hall–Kier alpha value is -2.62. The number of hydrogen-bond donors (Lipinski definition) is 0. The zero-order valence-electron chi connectivity index (χ0n) is 20.6. The molecule has 0 spiro atoms. The van der Waals surface area contributed by atoms with Crippen molar-refractivity contribution in [2.24, 2.45) is 0 Å². The van der Waals surface area contributed by atoms with Crippen molar-refractivity contribution in [2.45, 2.75) is 52.1 Å². The van der Waals surface area contributed by atoms with Gasteiger partial charge in [0.15, 0.2) is 0 Å². The predicted octanol–water partition coefficient (Wildman–Crippen LogP) is 4.32. The molecule has 1 atom stereocenters. The molecule has 1 aliphatic heterocycles. The number of likely N-dealkylation sites (tertiary alicyclic amines) is 1. The van der Waals surface area contributed by atoms with Gasteiger partial charge in [-0.15, -0.1) is 11.3 Å². The molecule has 0 aliphatic carbocycles. The lowest BCUT2D eigenvalue weighted by molar-refractivity contribution is -0.135. The number of halogens is 2. The minimum atomic E-state index is -0.672. The molecule has 1 fully saturated rings. The highest BCUT2D eigenvalue weighted by molar-refractivity contribution is 7.20. The van der Waals surface area contributed by atoms with Crippen LogP contribution in [0.1, 0.15) is 47.8 Å². The molecule has 192 valence electrons. The average Bonchev–Trinajstić information content (AvgIpc) is 3.20. The molecule has 8 nitrogen and oxygen atoms in total. The maximum absolute atomic E-state index is 13.8. The quantitative estimate of drug-likeness (QED) is 0.473. The Labute approximate surface area is 222 Å². The Morgan fingerprint density at radius 2 is 1.86 bits per heavy atom. The molecule has 3 aromatic rings. The van der Waals surface area contributed by atoms with Crippen molar-refractivity contribution in [3.8, 4) is 5.69 Å². The summed E-state index contributed by atoms with van der Waals surface area (Å²) in [5.74, 6) is -0.461. The first-order valence-corrected chi connectivity index (χ1v) is 13.4. The van der Waals surface area contributed by atoms with Crippen LogP contribution in [0.25, 0.3) is 15.9 Å². The van der Waals surface area contributed by atoms with Gasteiger partial charge in [0.1, 0.15) is 11.4 Å². The fourth-order valence-corrected chi connectivity index (χ4v) is 6.33. The summed E-state index contributed by atoms with van der Waals surface area (Å²) in [5.41, 5.74) is -0.543. The minimum Gasteiger partial charge on any atom is -0.344 e. The van der Waals surface area contributed by atoms with E-state index in [-0.39, 0.29) is 45.5 Å². The number of carbonyl (C=O) groups is 2. The van der Waals surface area contributed by atoms with Crippen LogP contribution in [-0.4, -0.2) is 57.4 Å². The highest BCUT2D eigenvalue weighted by Gasteiger charge is 2.29. The number of aryl methyl sites for hydroxylation is 1. The topological polar surface area (TPSA) is 84.6 Å². The van der Waals surface area contributed by atoms with Crippen molar-refractivity contribution in [1.82, 2.24) is 18.9 Å². The van der Waals surface area contributed by atoms with Crippen LogP contribution in [0.5, 0.6) is 0 Å². The van der Waals surface area contributed by atoms with E-state index >= 15 is 0 Å². The standard InChI is InChI=1S/C25H28Cl2N4O4S/c1-5-15-8-6-7-11-29(15)19(32)13-30-24-20(14(2)21(36-24)23(34)28(3)4)22(33)31(25(30)35)16-9-10-17(26)18(27)12-16/h9-10,12,15H,5-8,11,13H2,1-4H3/t15-/m1/s1. The number of amides is 2. The third-order valence-corrected chi connectivity index (χ3v) is 8.73. The van der Waals surface area contributed by atoms with Crippen molar-refractivity contribution in [1.29, 1.82) is 0 Å². The van der Waals surface area contributed by atoms with Crippen LogP contribution in [0.15, 0.2) is 27.8 Å². The zero-order chi connectivity index (χ0) is 26.3. The van der Waals surface area contributed by atoms with Crippen LogP contribution < -0.4 is 11.2 Å². The summed E-state index contributed by atoms with van der Waals surface area (Å²) in [6.45, 7) is 4.13. The van der Waals surface area contributed by atoms with Crippen LogP contribution in [0.3, 0.4) is 0 Å². The highest BCUT2D eigenvalue weighted by atomic mass is 35.5. The molecule has 2 amide bonds. The summed E-state index contributed by atoms with van der Waals surface area (Å²) >= 11 is 13.3. The summed E-state index contributed by atoms with van der Waals surface area (Å²) in [4.78, 5) is 57.7. The van der Waals surface area contributed by atoms with E-state index in [4.69, 9.17) is 23.2 Å². The number of rotatable bonds is 5. The number of aromatic nitrogens is 2. The van der Waals surface area contributed by atoms with Crippen molar-refractivity contribution in [3.05, 3.63) is 59.5 Å². The fourth-order valence-electron chi connectivity index (χ4n) is 4.72. The smallest absolute Gasteiger partial charge is 0.337 e. The van der Waals surface area contributed by atoms with Crippen molar-refractivity contribution >= 4 is 56.6 Å². The number of benzene rings is 1. The van der Waals surface area contributed by atoms with E-state index in [1.165, 1.54) is 27.7 Å². The molecule has 11 heteroatoms. The van der Waals surface area contributed by atoms with E-state index in [1.54, 1.807) is 21.0 Å². The maximum atomic E-state index is 13.8. The molecule has 0 radical (unpaired) electrons. The highest BCUT2D eigenvalue weighted by Crippen LogP contribution is 2.30. The summed E-state index contributed by atoms with van der Waals surface area (Å²) < 4.78 is 2.31. The van der Waals surface area contributed by atoms with Gasteiger partial charge in [-0.3, -0.25) is 19.0 Å². The molecular weight excluding hydrogens is 523 g/mol. The van der Waals surface area contributed by atoms with E-state index in [9.17, 15) is 19.2 Å². The van der Waals surface area contributed by atoms with Gasteiger partial charge in [-0.2, -0.15) is 0 Å². The number of fused-ring (bicyclic) bond motifs is 1. The zero-order valence-corrected chi connectivity index (χ0v) is 23.0. The third-order valence-electron chi connectivity index (χ3n) is 6.69. The molecule has 1 aromatic carbocycles. The van der Waals surface area contributed by atoms with Crippen LogP contribution >= 0.6 is 34.5 Å². The summed E-state index contributed by atoms with van der Waals surface area (Å²) in [6, 6.07) is 4.59. The molecule has 0 bridgehead atoms. The Balaban J connectivity index is 1.97. The normalized spacial score (nSPS) is 15.9. The molecule has 1 saturated heterocycles. The van der Waals surface area contributed by atoms with Gasteiger partial charge >= 0.3 is 5.69 Å². The maximum Gasteiger partial charge on any atom is 0.337 e. The number of piperidine rings is 1. The SMILES string of the molecule is CC[C@@H]1CCCCN1C(=O)Cn1c(=O)n(-c2ccc(Cl)c(Cl)c2)c(=O)c2c(C)c(C(=O)N(C)C)sc21. The van der Waals surface area contributed by atoms with E-state index in [1.807, 2.05) is 11.8 Å². The lowest BCUT2D eigenvalue weighted by Crippen LogP contribution is -2.47. The van der Waals surface area contributed by atoms with Gasteiger partial charge in [0.2, 0.25) is 5.91 Å². The van der Waals surface area contributed by atoms with E-state index < -0.39 is 11.2 Å². The van der Waals surface area contributed by atoms with Crippen LogP contribution in [0.4, 0.5) is 0 Å². The molecule has 3 heterocycles. The number of thiophene rings is 1. The summed E-state index contributed by atoms with van der Waals surface area (Å²) in [6.07, 6.45) is 3.73.